The lowest BCUT2D eigenvalue weighted by molar-refractivity contribution is -0.132. The van der Waals surface area contributed by atoms with Crippen LogP contribution >= 0.6 is 0 Å². The molecule has 1 atom stereocenters. The Kier molecular flexibility index (Phi) is 6.22. The number of hydrogen-bond donors (Lipinski definition) is 1. The Morgan fingerprint density at radius 3 is 2.61 bits per heavy atom. The van der Waals surface area contributed by atoms with Gasteiger partial charge in [-0.15, -0.1) is 0 Å². The second kappa shape index (κ2) is 9.24. The number of aliphatic hydroxyl groups is 1. The van der Waals surface area contributed by atoms with E-state index in [1.165, 1.54) is 11.2 Å². The Morgan fingerprint density at radius 2 is 1.94 bits per heavy atom. The molecule has 1 N–H and O–H groups in total. The third-order valence-electron chi connectivity index (χ3n) is 5.49. The van der Waals surface area contributed by atoms with Gasteiger partial charge in [0.05, 0.1) is 25.6 Å². The van der Waals surface area contributed by atoms with Crippen LogP contribution in [0.2, 0.25) is 0 Å². The minimum atomic E-state index is -0.927. The average Bonchev–Trinajstić information content (AvgIpc) is 3.44. The number of hydrogen-bond acceptors (Lipinski definition) is 6. The summed E-state index contributed by atoms with van der Waals surface area (Å²) in [6.45, 7) is 4.36. The molecule has 1 aliphatic heterocycles. The van der Waals surface area contributed by atoms with Gasteiger partial charge in [-0.25, -0.2) is 0 Å². The molecule has 33 heavy (non-hydrogen) atoms. The van der Waals surface area contributed by atoms with E-state index in [0.717, 1.165) is 12.0 Å². The number of benzene rings is 2. The first-order chi connectivity index (χ1) is 16.0. The van der Waals surface area contributed by atoms with Crippen LogP contribution in [0.1, 0.15) is 36.3 Å². The van der Waals surface area contributed by atoms with Crippen LogP contribution in [0.4, 0.5) is 5.69 Å². The van der Waals surface area contributed by atoms with E-state index in [-0.39, 0.29) is 11.3 Å². The topological polar surface area (TPSA) is 89.2 Å². The van der Waals surface area contributed by atoms with Gasteiger partial charge in [-0.05, 0) is 61.4 Å². The number of anilines is 1. The first-order valence-electron chi connectivity index (χ1n) is 10.7. The molecular formula is C26H25NO6. The molecule has 0 radical (unpaired) electrons. The van der Waals surface area contributed by atoms with Crippen molar-refractivity contribution >= 4 is 23.1 Å². The minimum absolute atomic E-state index is 0.0422. The van der Waals surface area contributed by atoms with Gasteiger partial charge in [0.1, 0.15) is 29.1 Å². The van der Waals surface area contributed by atoms with Gasteiger partial charge in [0.2, 0.25) is 0 Å². The number of Topliss-reactive ketones (excluding diaryl/α,β-unsaturated/α-hetero) is 1. The van der Waals surface area contributed by atoms with Gasteiger partial charge in [-0.3, -0.25) is 14.5 Å². The summed E-state index contributed by atoms with van der Waals surface area (Å²) in [4.78, 5) is 27.7. The molecule has 1 fully saturated rings. The molecule has 4 rings (SSSR count). The van der Waals surface area contributed by atoms with Crippen molar-refractivity contribution in [3.63, 3.8) is 0 Å². The summed E-state index contributed by atoms with van der Waals surface area (Å²) in [5.74, 6) is -0.223. The fourth-order valence-electron chi connectivity index (χ4n) is 3.94. The number of amides is 1. The predicted molar refractivity (Wildman–Crippen MR) is 123 cm³/mol. The quantitative estimate of drug-likeness (QED) is 0.311. The highest BCUT2D eigenvalue weighted by Crippen LogP contribution is 2.43. The van der Waals surface area contributed by atoms with Gasteiger partial charge in [-0.2, -0.15) is 0 Å². The van der Waals surface area contributed by atoms with E-state index >= 15 is 0 Å². The molecule has 7 heteroatoms. The lowest BCUT2D eigenvalue weighted by atomic mass is 9.98. The number of aryl methyl sites for hydroxylation is 1. The molecular weight excluding hydrogens is 422 g/mol. The summed E-state index contributed by atoms with van der Waals surface area (Å²) >= 11 is 0. The molecule has 1 aliphatic rings. The van der Waals surface area contributed by atoms with Crippen LogP contribution in [0, 0.1) is 6.92 Å². The van der Waals surface area contributed by atoms with Crippen LogP contribution in [0.25, 0.3) is 5.76 Å². The van der Waals surface area contributed by atoms with Crippen molar-refractivity contribution in [2.24, 2.45) is 0 Å². The Hall–Kier alpha value is -4.00. The molecule has 0 spiro atoms. The highest BCUT2D eigenvalue weighted by atomic mass is 16.5. The van der Waals surface area contributed by atoms with Gasteiger partial charge < -0.3 is 19.0 Å². The van der Waals surface area contributed by atoms with Crippen LogP contribution < -0.4 is 14.4 Å². The third kappa shape index (κ3) is 4.09. The number of methoxy groups -OCH3 is 1. The monoisotopic (exact) mass is 447 g/mol. The zero-order valence-corrected chi connectivity index (χ0v) is 18.7. The van der Waals surface area contributed by atoms with Gasteiger partial charge in [0.25, 0.3) is 11.7 Å². The molecule has 170 valence electrons. The summed E-state index contributed by atoms with van der Waals surface area (Å²) in [7, 11) is 1.56. The summed E-state index contributed by atoms with van der Waals surface area (Å²) in [6, 6.07) is 14.4. The van der Waals surface area contributed by atoms with Crippen LogP contribution in [0.15, 0.2) is 70.9 Å². The molecule has 2 heterocycles. The Labute approximate surface area is 191 Å². The van der Waals surface area contributed by atoms with E-state index in [2.05, 4.69) is 0 Å². The molecule has 3 aromatic rings. The molecule has 0 saturated carbocycles. The molecule has 1 saturated heterocycles. The fraction of sp³-hybridized carbons (Fsp3) is 0.231. The van der Waals surface area contributed by atoms with Gasteiger partial charge in [0.15, 0.2) is 0 Å². The molecule has 1 unspecified atom stereocenters. The minimum Gasteiger partial charge on any atom is -0.507 e. The maximum Gasteiger partial charge on any atom is 0.300 e. The van der Waals surface area contributed by atoms with Gasteiger partial charge in [-0.1, -0.05) is 13.0 Å². The van der Waals surface area contributed by atoms with E-state index in [1.807, 2.05) is 13.8 Å². The number of ketones is 1. The number of carbonyl (C=O) groups excluding carboxylic acids is 2. The maximum atomic E-state index is 13.2. The van der Waals surface area contributed by atoms with E-state index in [4.69, 9.17) is 13.9 Å². The second-order valence-electron chi connectivity index (χ2n) is 7.71. The Bertz CT molecular complexity index is 1210. The molecule has 0 bridgehead atoms. The van der Waals surface area contributed by atoms with Crippen molar-refractivity contribution in [2.45, 2.75) is 26.3 Å². The lowest BCUT2D eigenvalue weighted by Gasteiger charge is -2.24. The molecule has 1 amide bonds. The van der Waals surface area contributed by atoms with Crippen molar-refractivity contribution in [3.8, 4) is 11.5 Å². The number of nitrogens with zero attached hydrogens (tertiary/aromatic N) is 1. The number of ether oxygens (including phenoxy) is 2. The molecule has 0 aliphatic carbocycles. The van der Waals surface area contributed by atoms with Gasteiger partial charge >= 0.3 is 0 Å². The smallest absolute Gasteiger partial charge is 0.300 e. The largest absolute Gasteiger partial charge is 0.507 e. The number of aliphatic hydroxyl groups excluding tert-OH is 1. The summed E-state index contributed by atoms with van der Waals surface area (Å²) < 4.78 is 16.6. The average molecular weight is 447 g/mol. The van der Waals surface area contributed by atoms with Crippen LogP contribution in [0.5, 0.6) is 11.5 Å². The van der Waals surface area contributed by atoms with Crippen molar-refractivity contribution in [3.05, 3.63) is 83.3 Å². The molecule has 7 nitrogen and oxygen atoms in total. The lowest BCUT2D eigenvalue weighted by Crippen LogP contribution is -2.29. The zero-order valence-electron chi connectivity index (χ0n) is 18.7. The van der Waals surface area contributed by atoms with Crippen molar-refractivity contribution in [1.82, 2.24) is 0 Å². The summed E-state index contributed by atoms with van der Waals surface area (Å²) in [5, 5.41) is 11.2. The molecule has 2 aromatic carbocycles. The fourth-order valence-corrected chi connectivity index (χ4v) is 3.94. The predicted octanol–water partition coefficient (Wildman–Crippen LogP) is 5.01. The first kappa shape index (κ1) is 22.2. The van der Waals surface area contributed by atoms with Crippen LogP contribution in [0.3, 0.4) is 0 Å². The van der Waals surface area contributed by atoms with E-state index in [9.17, 15) is 14.7 Å². The summed E-state index contributed by atoms with van der Waals surface area (Å²) in [5.41, 5.74) is 1.62. The van der Waals surface area contributed by atoms with E-state index in [1.54, 1.807) is 61.7 Å². The molecule has 1 aromatic heterocycles. The highest BCUT2D eigenvalue weighted by molar-refractivity contribution is 6.51. The highest BCUT2D eigenvalue weighted by Gasteiger charge is 2.48. The van der Waals surface area contributed by atoms with Gasteiger partial charge in [0, 0.05) is 17.3 Å². The normalized spacial score (nSPS) is 17.4. The number of rotatable bonds is 7. The van der Waals surface area contributed by atoms with Crippen molar-refractivity contribution in [2.75, 3.05) is 18.6 Å². The standard InChI is InChI=1S/C26H25NO6/c1-4-12-32-19-8-5-7-18(15-19)27-23(21-9-6-13-33-21)22(25(29)26(27)30)24(28)17-10-11-20(31-3)16(2)14-17/h5-11,13-15,23,28H,4,12H2,1-3H3/b24-22-. The van der Waals surface area contributed by atoms with Crippen molar-refractivity contribution in [1.29, 1.82) is 0 Å². The second-order valence-corrected chi connectivity index (χ2v) is 7.71. The van der Waals surface area contributed by atoms with E-state index < -0.39 is 17.7 Å². The maximum absolute atomic E-state index is 13.2. The number of carbonyl (C=O) groups is 2. The van der Waals surface area contributed by atoms with Crippen LogP contribution in [-0.2, 0) is 9.59 Å². The first-order valence-corrected chi connectivity index (χ1v) is 10.7. The Balaban J connectivity index is 1.85. The summed E-state index contributed by atoms with van der Waals surface area (Å²) in [6.07, 6.45) is 2.30. The zero-order chi connectivity index (χ0) is 23.5. The SMILES string of the molecule is CCCOc1cccc(N2C(=O)C(=O)/C(=C(\O)c3ccc(OC)c(C)c3)C2c2ccco2)c1. The third-order valence-corrected chi connectivity index (χ3v) is 5.49. The van der Waals surface area contributed by atoms with Crippen LogP contribution in [-0.4, -0.2) is 30.5 Å². The van der Waals surface area contributed by atoms with Crippen molar-refractivity contribution < 1.29 is 28.6 Å². The van der Waals surface area contributed by atoms with E-state index in [0.29, 0.717) is 35.1 Å². The number of furan rings is 1. The Morgan fingerprint density at radius 1 is 1.12 bits per heavy atom.